The molecule has 1 aromatic carbocycles. The quantitative estimate of drug-likeness (QED) is 0.546. The molecule has 29 heavy (non-hydrogen) atoms. The first-order valence-corrected chi connectivity index (χ1v) is 9.20. The number of terminal acetylenes is 1. The normalized spacial score (nSPS) is 17.1. The first-order chi connectivity index (χ1) is 14.1. The Labute approximate surface area is 166 Å². The number of hydrogen-bond acceptors (Lipinski definition) is 5. The SMILES string of the molecule is C#CC(=O)N[C@@H]1Cn2c(c(-c3cnc4ccccc4c3)c3c2=NCNC=3N)C1=C. The third kappa shape index (κ3) is 2.50. The van der Waals surface area contributed by atoms with Crippen molar-refractivity contribution in [3.8, 4) is 23.5 Å². The van der Waals surface area contributed by atoms with Gasteiger partial charge in [0.05, 0.1) is 22.5 Å². The molecule has 7 heteroatoms. The van der Waals surface area contributed by atoms with Gasteiger partial charge >= 0.3 is 0 Å². The van der Waals surface area contributed by atoms with Crippen LogP contribution in [0.25, 0.3) is 33.4 Å². The zero-order valence-electron chi connectivity index (χ0n) is 15.6. The maximum atomic E-state index is 11.8. The Morgan fingerprint density at radius 3 is 3.07 bits per heavy atom. The number of amides is 1. The van der Waals surface area contributed by atoms with Crippen LogP contribution in [0, 0.1) is 12.3 Å². The number of carbonyl (C=O) groups is 1. The molecule has 0 bridgehead atoms. The molecule has 4 N–H and O–H groups in total. The predicted octanol–water partition coefficient (Wildman–Crippen LogP) is 0.0528. The summed E-state index contributed by atoms with van der Waals surface area (Å²) in [5.41, 5.74) is 11.5. The molecule has 0 spiro atoms. The fraction of sp³-hybridized carbons (Fsp3) is 0.136. The highest BCUT2D eigenvalue weighted by Crippen LogP contribution is 2.33. The molecule has 2 aromatic heterocycles. The van der Waals surface area contributed by atoms with Crippen LogP contribution in [0.5, 0.6) is 0 Å². The number of nitrogens with two attached hydrogens (primary N) is 1. The second-order valence-corrected chi connectivity index (χ2v) is 7.05. The lowest BCUT2D eigenvalue weighted by atomic mass is 9.98. The van der Waals surface area contributed by atoms with E-state index < -0.39 is 5.91 Å². The van der Waals surface area contributed by atoms with Gasteiger partial charge in [0.1, 0.15) is 18.0 Å². The third-order valence-corrected chi connectivity index (χ3v) is 5.41. The molecule has 5 rings (SSSR count). The van der Waals surface area contributed by atoms with E-state index >= 15 is 0 Å². The molecule has 0 saturated heterocycles. The van der Waals surface area contributed by atoms with E-state index in [1.807, 2.05) is 30.5 Å². The molecular weight excluding hydrogens is 364 g/mol. The van der Waals surface area contributed by atoms with Crippen LogP contribution in [-0.2, 0) is 11.3 Å². The molecule has 7 nitrogen and oxygen atoms in total. The van der Waals surface area contributed by atoms with Gasteiger partial charge in [0.25, 0.3) is 5.91 Å². The number of nitrogens with one attached hydrogen (secondary N) is 2. The molecule has 4 heterocycles. The summed E-state index contributed by atoms with van der Waals surface area (Å²) in [5, 5.41) is 7.81. The topological polar surface area (TPSA) is 97.3 Å². The Kier molecular flexibility index (Phi) is 3.68. The fourth-order valence-corrected chi connectivity index (χ4v) is 4.10. The minimum atomic E-state index is -0.464. The Balaban J connectivity index is 1.77. The van der Waals surface area contributed by atoms with Gasteiger partial charge in [-0.3, -0.25) is 9.78 Å². The smallest absolute Gasteiger partial charge is 0.296 e. The van der Waals surface area contributed by atoms with Gasteiger partial charge in [0.15, 0.2) is 0 Å². The van der Waals surface area contributed by atoms with Crippen LogP contribution in [-0.4, -0.2) is 28.2 Å². The maximum Gasteiger partial charge on any atom is 0.296 e. The Hall–Kier alpha value is -4.05. The van der Waals surface area contributed by atoms with Gasteiger partial charge in [-0.15, -0.1) is 6.42 Å². The van der Waals surface area contributed by atoms with Crippen molar-refractivity contribution >= 4 is 28.2 Å². The summed E-state index contributed by atoms with van der Waals surface area (Å²) in [6.45, 7) is 5.14. The molecule has 3 aromatic rings. The van der Waals surface area contributed by atoms with Crippen molar-refractivity contribution in [3.05, 3.63) is 59.5 Å². The average Bonchev–Trinajstić information content (AvgIpc) is 3.23. The number of para-hydroxylation sites is 1. The zero-order chi connectivity index (χ0) is 20.1. The van der Waals surface area contributed by atoms with Gasteiger partial charge in [0, 0.05) is 29.3 Å². The molecule has 0 fully saturated rings. The van der Waals surface area contributed by atoms with Crippen LogP contribution in [0.1, 0.15) is 5.69 Å². The highest BCUT2D eigenvalue weighted by atomic mass is 16.1. The molecule has 1 atom stereocenters. The summed E-state index contributed by atoms with van der Waals surface area (Å²) in [6, 6.07) is 9.73. The molecule has 142 valence electrons. The zero-order valence-corrected chi connectivity index (χ0v) is 15.6. The summed E-state index contributed by atoms with van der Waals surface area (Å²) in [7, 11) is 0. The van der Waals surface area contributed by atoms with Crippen LogP contribution < -0.4 is 27.1 Å². The van der Waals surface area contributed by atoms with Crippen LogP contribution >= 0.6 is 0 Å². The van der Waals surface area contributed by atoms with Crippen molar-refractivity contribution in [3.63, 3.8) is 0 Å². The fourth-order valence-electron chi connectivity index (χ4n) is 4.10. The molecule has 2 aliphatic rings. The second-order valence-electron chi connectivity index (χ2n) is 7.05. The molecule has 2 aliphatic heterocycles. The van der Waals surface area contributed by atoms with Crippen molar-refractivity contribution in [2.45, 2.75) is 12.6 Å². The minimum absolute atomic E-state index is 0.294. The van der Waals surface area contributed by atoms with Gasteiger partial charge in [-0.05, 0) is 23.6 Å². The third-order valence-electron chi connectivity index (χ3n) is 5.41. The van der Waals surface area contributed by atoms with E-state index in [0.29, 0.717) is 19.0 Å². The first-order valence-electron chi connectivity index (χ1n) is 9.20. The van der Waals surface area contributed by atoms with E-state index in [1.54, 1.807) is 0 Å². The second kappa shape index (κ2) is 6.24. The van der Waals surface area contributed by atoms with E-state index in [2.05, 4.69) is 43.7 Å². The molecule has 0 unspecified atom stereocenters. The molecule has 0 aliphatic carbocycles. The number of aromatic nitrogens is 2. The Bertz CT molecular complexity index is 1370. The highest BCUT2D eigenvalue weighted by Gasteiger charge is 2.33. The van der Waals surface area contributed by atoms with Gasteiger partial charge in [-0.25, -0.2) is 4.99 Å². The van der Waals surface area contributed by atoms with Crippen molar-refractivity contribution in [1.29, 1.82) is 0 Å². The summed E-state index contributed by atoms with van der Waals surface area (Å²) < 4.78 is 2.05. The lowest BCUT2D eigenvalue weighted by Crippen LogP contribution is -2.44. The monoisotopic (exact) mass is 382 g/mol. The maximum absolute atomic E-state index is 11.8. The minimum Gasteiger partial charge on any atom is -0.385 e. The average molecular weight is 382 g/mol. The Morgan fingerprint density at radius 1 is 1.41 bits per heavy atom. The van der Waals surface area contributed by atoms with Gasteiger partial charge in [-0.1, -0.05) is 24.8 Å². The summed E-state index contributed by atoms with van der Waals surface area (Å²) in [5.74, 6) is 2.20. The van der Waals surface area contributed by atoms with Crippen LogP contribution in [0.4, 0.5) is 0 Å². The van der Waals surface area contributed by atoms with Crippen LogP contribution in [0.2, 0.25) is 0 Å². The highest BCUT2D eigenvalue weighted by molar-refractivity contribution is 5.95. The number of hydrogen-bond donors (Lipinski definition) is 3. The summed E-state index contributed by atoms with van der Waals surface area (Å²) in [6.07, 6.45) is 7.06. The number of carbonyl (C=O) groups excluding carboxylic acids is 1. The van der Waals surface area contributed by atoms with Crippen molar-refractivity contribution in [2.24, 2.45) is 10.7 Å². The standard InChI is InChI=1S/C22H18N6O/c1-3-17(29)27-16-10-28-20(12(16)2)18(19-21(23)25-11-26-22(19)28)14-8-13-6-4-5-7-15(13)24-9-14/h1,4-9,16,25H,2,10-11,23H2,(H,27,29)/t16-/m1/s1. The predicted molar refractivity (Wildman–Crippen MR) is 111 cm³/mol. The number of fused-ring (bicyclic) bond motifs is 4. The van der Waals surface area contributed by atoms with Crippen LogP contribution in [0.15, 0.2) is 48.1 Å². The number of pyridine rings is 1. The molecule has 0 saturated carbocycles. The van der Waals surface area contributed by atoms with Crippen LogP contribution in [0.3, 0.4) is 0 Å². The van der Waals surface area contributed by atoms with E-state index in [0.717, 1.165) is 44.0 Å². The largest absolute Gasteiger partial charge is 0.385 e. The van der Waals surface area contributed by atoms with E-state index in [4.69, 9.17) is 12.2 Å². The summed E-state index contributed by atoms with van der Waals surface area (Å²) in [4.78, 5) is 21.0. The number of nitrogens with zero attached hydrogens (tertiary/aromatic N) is 3. The van der Waals surface area contributed by atoms with E-state index in [1.165, 1.54) is 0 Å². The summed E-state index contributed by atoms with van der Waals surface area (Å²) >= 11 is 0. The first kappa shape index (κ1) is 17.1. The number of rotatable bonds is 2. The molecule has 0 radical (unpaired) electrons. The van der Waals surface area contributed by atoms with Gasteiger partial charge < -0.3 is 20.9 Å². The lowest BCUT2D eigenvalue weighted by molar-refractivity contribution is -0.116. The van der Waals surface area contributed by atoms with Crippen molar-refractivity contribution in [1.82, 2.24) is 20.2 Å². The lowest BCUT2D eigenvalue weighted by Gasteiger charge is -2.14. The van der Waals surface area contributed by atoms with Crippen molar-refractivity contribution in [2.75, 3.05) is 6.67 Å². The van der Waals surface area contributed by atoms with E-state index in [9.17, 15) is 4.79 Å². The van der Waals surface area contributed by atoms with E-state index in [-0.39, 0.29) is 6.04 Å². The molecule has 1 amide bonds. The van der Waals surface area contributed by atoms with Gasteiger partial charge in [-0.2, -0.15) is 0 Å². The van der Waals surface area contributed by atoms with Gasteiger partial charge in [0.2, 0.25) is 0 Å². The number of benzene rings is 1. The van der Waals surface area contributed by atoms with Crippen molar-refractivity contribution < 1.29 is 4.79 Å². The Morgan fingerprint density at radius 2 is 2.24 bits per heavy atom. The molecular formula is C22H18N6O.